The van der Waals surface area contributed by atoms with E-state index in [1.165, 1.54) is 6.08 Å². The predicted octanol–water partition coefficient (Wildman–Crippen LogP) is 5.90. The molecule has 0 spiro atoms. The number of allylic oxidation sites excluding steroid dienone is 2. The topological polar surface area (TPSA) is 31.2 Å². The second kappa shape index (κ2) is 8.37. The molecule has 0 aliphatic carbocycles. The van der Waals surface area contributed by atoms with Gasteiger partial charge in [0, 0.05) is 40.5 Å². The van der Waals surface area contributed by atoms with Crippen LogP contribution in [0.4, 0.5) is 8.63 Å². The van der Waals surface area contributed by atoms with Gasteiger partial charge in [-0.1, -0.05) is 60.7 Å². The second-order valence-corrected chi connectivity index (χ2v) is 6.84. The quantitative estimate of drug-likeness (QED) is 0.229. The molecule has 0 bridgehead atoms. The van der Waals surface area contributed by atoms with E-state index in [9.17, 15) is 13.4 Å². The number of aryl methyl sites for hydroxylation is 1. The molecule has 0 fully saturated rings. The Morgan fingerprint density at radius 3 is 2.40 bits per heavy atom. The SMILES string of the molecule is Cn1c2ccccc2c2cc(/C=C/C(=O)/C=C(\OB(F)F)c3ccccc3)ccc21. The van der Waals surface area contributed by atoms with E-state index in [1.807, 2.05) is 37.4 Å². The van der Waals surface area contributed by atoms with Gasteiger partial charge in [0.15, 0.2) is 5.78 Å². The van der Waals surface area contributed by atoms with Gasteiger partial charge >= 0.3 is 7.47 Å². The maximum atomic E-state index is 12.8. The highest BCUT2D eigenvalue weighted by atomic mass is 19.2. The molecule has 1 heterocycles. The fourth-order valence-electron chi connectivity index (χ4n) is 3.53. The van der Waals surface area contributed by atoms with Gasteiger partial charge in [0.05, 0.1) is 0 Å². The monoisotopic (exact) mass is 401 g/mol. The van der Waals surface area contributed by atoms with Crippen molar-refractivity contribution >= 4 is 46.9 Å². The van der Waals surface area contributed by atoms with Crippen LogP contribution in [0, 0.1) is 0 Å². The van der Waals surface area contributed by atoms with Crippen molar-refractivity contribution in [3.05, 3.63) is 96.1 Å². The molecule has 0 N–H and O–H groups in total. The molecule has 0 saturated heterocycles. The summed E-state index contributed by atoms with van der Waals surface area (Å²) in [5, 5.41) is 2.22. The van der Waals surface area contributed by atoms with Crippen molar-refractivity contribution in [2.75, 3.05) is 0 Å². The van der Waals surface area contributed by atoms with Crippen LogP contribution >= 0.6 is 0 Å². The zero-order chi connectivity index (χ0) is 21.1. The van der Waals surface area contributed by atoms with Crippen molar-refractivity contribution in [3.8, 4) is 0 Å². The number of benzene rings is 3. The average Bonchev–Trinajstić information content (AvgIpc) is 3.04. The van der Waals surface area contributed by atoms with Gasteiger partial charge in [0.1, 0.15) is 5.76 Å². The highest BCUT2D eigenvalue weighted by molar-refractivity contribution is 6.36. The van der Waals surface area contributed by atoms with E-state index >= 15 is 0 Å². The number of halogens is 2. The number of para-hydroxylation sites is 1. The lowest BCUT2D eigenvalue weighted by atomic mass is 10.1. The molecule has 148 valence electrons. The van der Waals surface area contributed by atoms with Crippen molar-refractivity contribution in [2.24, 2.45) is 7.05 Å². The predicted molar refractivity (Wildman–Crippen MR) is 118 cm³/mol. The molecule has 0 amide bonds. The minimum Gasteiger partial charge on any atom is -0.505 e. The number of carbonyl (C=O) groups excluding carboxylic acids is 1. The number of ketones is 1. The summed E-state index contributed by atoms with van der Waals surface area (Å²) < 4.78 is 32.2. The Balaban J connectivity index is 1.63. The molecule has 0 saturated carbocycles. The van der Waals surface area contributed by atoms with Crippen LogP contribution in [-0.2, 0) is 16.5 Å². The molecule has 0 unspecified atom stereocenters. The second-order valence-electron chi connectivity index (χ2n) is 6.84. The number of fused-ring (bicyclic) bond motifs is 3. The lowest BCUT2D eigenvalue weighted by Gasteiger charge is -2.07. The molecule has 6 heteroatoms. The average molecular weight is 401 g/mol. The van der Waals surface area contributed by atoms with Gasteiger partial charge in [-0.05, 0) is 29.8 Å². The first-order valence-electron chi connectivity index (χ1n) is 9.44. The third-order valence-corrected chi connectivity index (χ3v) is 4.93. The summed E-state index contributed by atoms with van der Waals surface area (Å²) in [5.74, 6) is -0.600. The maximum absolute atomic E-state index is 12.8. The maximum Gasteiger partial charge on any atom is 0.796 e. The van der Waals surface area contributed by atoms with Crippen LogP contribution < -0.4 is 0 Å². The fraction of sp³-hybridized carbons (Fsp3) is 0.0417. The Kier molecular flexibility index (Phi) is 5.48. The first-order chi connectivity index (χ1) is 14.5. The summed E-state index contributed by atoms with van der Waals surface area (Å²) in [6.07, 6.45) is 4.10. The smallest absolute Gasteiger partial charge is 0.505 e. The van der Waals surface area contributed by atoms with Crippen LogP contribution in [0.2, 0.25) is 0 Å². The van der Waals surface area contributed by atoms with Crippen molar-refractivity contribution in [1.29, 1.82) is 0 Å². The van der Waals surface area contributed by atoms with E-state index < -0.39 is 13.3 Å². The Morgan fingerprint density at radius 1 is 0.933 bits per heavy atom. The molecule has 4 rings (SSSR count). The van der Waals surface area contributed by atoms with Crippen LogP contribution in [0.25, 0.3) is 33.6 Å². The minimum atomic E-state index is -3.01. The van der Waals surface area contributed by atoms with Crippen LogP contribution in [-0.4, -0.2) is 17.8 Å². The number of hydrogen-bond donors (Lipinski definition) is 0. The summed E-state index contributed by atoms with van der Waals surface area (Å²) in [6.45, 7) is 0. The van der Waals surface area contributed by atoms with Gasteiger partial charge in [-0.25, -0.2) is 8.63 Å². The lowest BCUT2D eigenvalue weighted by molar-refractivity contribution is -0.110. The summed E-state index contributed by atoms with van der Waals surface area (Å²) in [6, 6.07) is 22.4. The van der Waals surface area contributed by atoms with Crippen molar-refractivity contribution < 1.29 is 18.1 Å². The molecule has 4 aromatic rings. The third-order valence-electron chi connectivity index (χ3n) is 4.93. The summed E-state index contributed by atoms with van der Waals surface area (Å²) in [7, 11) is -0.996. The van der Waals surface area contributed by atoms with Gasteiger partial charge < -0.3 is 9.22 Å². The molecular weight excluding hydrogens is 383 g/mol. The molecule has 3 nitrogen and oxygen atoms in total. The molecule has 3 aromatic carbocycles. The molecular formula is C24H18BF2NO2. The van der Waals surface area contributed by atoms with E-state index in [-0.39, 0.29) is 5.76 Å². The summed E-state index contributed by atoms with van der Waals surface area (Å²) >= 11 is 0. The normalized spacial score (nSPS) is 12.0. The summed E-state index contributed by atoms with van der Waals surface area (Å²) in [4.78, 5) is 12.4. The number of hydrogen-bond acceptors (Lipinski definition) is 2. The highest BCUT2D eigenvalue weighted by Gasteiger charge is 2.20. The largest absolute Gasteiger partial charge is 0.796 e. The number of nitrogens with zero attached hydrogens (tertiary/aromatic N) is 1. The zero-order valence-corrected chi connectivity index (χ0v) is 16.3. The minimum absolute atomic E-state index is 0.162. The Hall–Kier alpha value is -3.67. The first-order valence-corrected chi connectivity index (χ1v) is 9.44. The van der Waals surface area contributed by atoms with Crippen LogP contribution in [0.1, 0.15) is 11.1 Å². The molecule has 1 aromatic heterocycles. The van der Waals surface area contributed by atoms with Crippen LogP contribution in [0.5, 0.6) is 0 Å². The van der Waals surface area contributed by atoms with Crippen molar-refractivity contribution in [3.63, 3.8) is 0 Å². The lowest BCUT2D eigenvalue weighted by Crippen LogP contribution is -2.05. The van der Waals surface area contributed by atoms with Crippen molar-refractivity contribution in [2.45, 2.75) is 0 Å². The Morgan fingerprint density at radius 2 is 1.63 bits per heavy atom. The first kappa shape index (κ1) is 19.6. The number of rotatable bonds is 6. The number of aromatic nitrogens is 1. The molecule has 30 heavy (non-hydrogen) atoms. The van der Waals surface area contributed by atoms with Gasteiger partial charge in [-0.3, -0.25) is 4.79 Å². The highest BCUT2D eigenvalue weighted by Crippen LogP contribution is 2.29. The molecule has 0 aliphatic rings. The molecule has 0 radical (unpaired) electrons. The van der Waals surface area contributed by atoms with Crippen LogP contribution in [0.15, 0.2) is 84.9 Å². The molecule has 0 atom stereocenters. The zero-order valence-electron chi connectivity index (χ0n) is 16.3. The van der Waals surface area contributed by atoms with E-state index in [4.69, 9.17) is 0 Å². The van der Waals surface area contributed by atoms with Gasteiger partial charge in [0.2, 0.25) is 0 Å². The fourth-order valence-corrected chi connectivity index (χ4v) is 3.53. The van der Waals surface area contributed by atoms with E-state index in [1.54, 1.807) is 36.4 Å². The molecule has 0 aliphatic heterocycles. The van der Waals surface area contributed by atoms with E-state index in [2.05, 4.69) is 21.4 Å². The van der Waals surface area contributed by atoms with Crippen molar-refractivity contribution in [1.82, 2.24) is 4.57 Å². The van der Waals surface area contributed by atoms with E-state index in [0.29, 0.717) is 5.56 Å². The summed E-state index contributed by atoms with van der Waals surface area (Å²) in [5.41, 5.74) is 3.48. The number of carbonyl (C=O) groups is 1. The standard InChI is InChI=1S/C24H18BF2NO2/c1-28-22-10-6-5-9-20(22)21-15-17(12-14-23(21)28)11-13-19(29)16-24(30-25(26)27)18-7-3-2-4-8-18/h2-16H,1H3/b13-11+,24-16-. The third kappa shape index (κ3) is 4.03. The van der Waals surface area contributed by atoms with Crippen LogP contribution in [0.3, 0.4) is 0 Å². The Bertz CT molecular complexity index is 1280. The van der Waals surface area contributed by atoms with Gasteiger partial charge in [0.25, 0.3) is 0 Å². The van der Waals surface area contributed by atoms with Gasteiger partial charge in [-0.2, -0.15) is 0 Å². The van der Waals surface area contributed by atoms with Gasteiger partial charge in [-0.15, -0.1) is 0 Å². The van der Waals surface area contributed by atoms with E-state index in [0.717, 1.165) is 33.4 Å². The Labute approximate surface area is 173 Å².